The summed E-state index contributed by atoms with van der Waals surface area (Å²) in [5, 5.41) is 40.0. The van der Waals surface area contributed by atoms with Gasteiger partial charge in [-0.25, -0.2) is 4.98 Å². The summed E-state index contributed by atoms with van der Waals surface area (Å²) in [4.78, 5) is 20.2. The minimum absolute atomic E-state index is 0.192. The number of anilines is 1. The lowest BCUT2D eigenvalue weighted by Gasteiger charge is -2.73. The van der Waals surface area contributed by atoms with Crippen LogP contribution in [0.15, 0.2) is 12.2 Å². The van der Waals surface area contributed by atoms with Crippen LogP contribution in [0.25, 0.3) is 0 Å². The first kappa shape index (κ1) is 22.8. The fourth-order valence-electron chi connectivity index (χ4n) is 9.58. The zero-order chi connectivity index (χ0) is 24.5. The van der Waals surface area contributed by atoms with Gasteiger partial charge in [0.25, 0.3) is 0 Å². The number of carbonyl (C=O) groups excluding carboxylic acids is 1. The molecular weight excluding hydrogens is 464 g/mol. The van der Waals surface area contributed by atoms with E-state index in [2.05, 4.69) is 25.7 Å². The fourth-order valence-corrected chi connectivity index (χ4v) is 10.9. The molecule has 8 atom stereocenters. The normalized spacial score (nSPS) is 47.9. The molecule has 8 rings (SSSR count). The smallest absolute Gasteiger partial charge is 0.208 e. The zero-order valence-electron chi connectivity index (χ0n) is 20.5. The molecule has 0 aromatic carbocycles. The molecule has 0 amide bonds. The summed E-state index contributed by atoms with van der Waals surface area (Å²) in [6.45, 7) is 8.50. The molecule has 2 aliphatic heterocycles. The van der Waals surface area contributed by atoms with Crippen LogP contribution in [-0.4, -0.2) is 56.7 Å². The second-order valence-electron chi connectivity index (χ2n) is 12.8. The van der Waals surface area contributed by atoms with E-state index in [1.165, 1.54) is 24.1 Å². The number of nitrogens with one attached hydrogen (secondary N) is 1. The third kappa shape index (κ3) is 2.42. The number of rotatable bonds is 2. The molecule has 2 saturated heterocycles. The lowest BCUT2D eigenvalue weighted by molar-refractivity contribution is -0.429. The minimum atomic E-state index is -2.13. The molecule has 35 heavy (non-hydrogen) atoms. The molecule has 6 fully saturated rings. The highest BCUT2D eigenvalue weighted by atomic mass is 32.1. The molecule has 2 spiro atoms. The van der Waals surface area contributed by atoms with Gasteiger partial charge in [-0.05, 0) is 49.0 Å². The van der Waals surface area contributed by atoms with Crippen molar-refractivity contribution in [3.8, 4) is 0 Å². The minimum Gasteiger partial charge on any atom is -0.391 e. The third-order valence-corrected chi connectivity index (χ3v) is 11.8. The molecule has 8 heteroatoms. The number of ketones is 1. The molecule has 4 bridgehead atoms. The van der Waals surface area contributed by atoms with Gasteiger partial charge in [-0.15, -0.1) is 11.3 Å². The Morgan fingerprint density at radius 3 is 2.60 bits per heavy atom. The number of ether oxygens (including phenoxy) is 1. The van der Waals surface area contributed by atoms with Crippen molar-refractivity contribution < 1.29 is 24.9 Å². The Morgan fingerprint density at radius 1 is 1.11 bits per heavy atom. The van der Waals surface area contributed by atoms with Gasteiger partial charge in [0.05, 0.1) is 18.4 Å². The summed E-state index contributed by atoms with van der Waals surface area (Å²) in [6.07, 6.45) is 5.68. The summed E-state index contributed by atoms with van der Waals surface area (Å²) in [6, 6.07) is 0.422. The molecule has 4 saturated carbocycles. The molecule has 1 aromatic rings. The quantitative estimate of drug-likeness (QED) is 0.462. The molecule has 7 nitrogen and oxygen atoms in total. The van der Waals surface area contributed by atoms with Gasteiger partial charge in [0.2, 0.25) is 5.79 Å². The first-order valence-electron chi connectivity index (χ1n) is 13.3. The number of aliphatic hydroxyl groups excluding tert-OH is 2. The second-order valence-corrected chi connectivity index (χ2v) is 13.9. The number of hydrogen-bond donors (Lipinski definition) is 4. The van der Waals surface area contributed by atoms with Crippen LogP contribution in [0.1, 0.15) is 69.4 Å². The largest absolute Gasteiger partial charge is 0.391 e. The van der Waals surface area contributed by atoms with Crippen molar-refractivity contribution in [3.05, 3.63) is 22.7 Å². The van der Waals surface area contributed by atoms with Crippen LogP contribution in [-0.2, 0) is 21.4 Å². The summed E-state index contributed by atoms with van der Waals surface area (Å²) in [7, 11) is 0. The van der Waals surface area contributed by atoms with Crippen molar-refractivity contribution in [1.29, 1.82) is 0 Å². The Bertz CT molecular complexity index is 1130. The van der Waals surface area contributed by atoms with E-state index in [1.807, 2.05) is 0 Å². The van der Waals surface area contributed by atoms with Crippen molar-refractivity contribution in [2.45, 2.75) is 94.7 Å². The number of aliphatic hydroxyl groups is 3. The van der Waals surface area contributed by atoms with Gasteiger partial charge in [0.1, 0.15) is 11.5 Å². The van der Waals surface area contributed by atoms with E-state index in [4.69, 9.17) is 9.72 Å². The molecule has 7 aliphatic rings. The molecule has 3 heterocycles. The monoisotopic (exact) mass is 500 g/mol. The lowest BCUT2D eigenvalue weighted by atomic mass is 9.36. The molecule has 0 radical (unpaired) electrons. The van der Waals surface area contributed by atoms with E-state index in [1.54, 1.807) is 11.3 Å². The van der Waals surface area contributed by atoms with Gasteiger partial charge >= 0.3 is 0 Å². The van der Waals surface area contributed by atoms with Crippen molar-refractivity contribution in [2.24, 2.45) is 28.6 Å². The molecule has 2 unspecified atom stereocenters. The van der Waals surface area contributed by atoms with E-state index < -0.39 is 34.7 Å². The summed E-state index contributed by atoms with van der Waals surface area (Å²) >= 11 is 1.69. The highest BCUT2D eigenvalue weighted by Gasteiger charge is 2.86. The van der Waals surface area contributed by atoms with Gasteiger partial charge in [-0.3, -0.25) is 4.79 Å². The maximum atomic E-state index is 13.9. The van der Waals surface area contributed by atoms with Crippen LogP contribution in [0.2, 0.25) is 0 Å². The number of aromatic nitrogens is 1. The highest BCUT2D eigenvalue weighted by Crippen LogP contribution is 2.75. The van der Waals surface area contributed by atoms with Crippen LogP contribution < -0.4 is 5.32 Å². The Balaban J connectivity index is 1.42. The average Bonchev–Trinajstić information content (AvgIpc) is 3.24. The zero-order valence-corrected chi connectivity index (χ0v) is 21.4. The van der Waals surface area contributed by atoms with E-state index in [0.717, 1.165) is 30.1 Å². The Morgan fingerprint density at radius 2 is 1.86 bits per heavy atom. The van der Waals surface area contributed by atoms with E-state index in [-0.39, 0.29) is 29.6 Å². The fraction of sp³-hybridized carbons (Fsp3) is 0.778. The van der Waals surface area contributed by atoms with Crippen LogP contribution >= 0.6 is 11.3 Å². The Kier molecular flexibility index (Phi) is 4.54. The van der Waals surface area contributed by atoms with Crippen molar-refractivity contribution in [3.63, 3.8) is 0 Å². The van der Waals surface area contributed by atoms with Crippen molar-refractivity contribution in [1.82, 2.24) is 4.98 Å². The van der Waals surface area contributed by atoms with E-state index in [0.29, 0.717) is 24.5 Å². The van der Waals surface area contributed by atoms with Gasteiger partial charge < -0.3 is 25.4 Å². The maximum absolute atomic E-state index is 13.9. The summed E-state index contributed by atoms with van der Waals surface area (Å²) in [5.74, 6) is -3.58. The molecule has 190 valence electrons. The van der Waals surface area contributed by atoms with Gasteiger partial charge in [0.15, 0.2) is 10.9 Å². The standard InChI is InChI=1S/C27H36N2O5S/c1-13-15-9-10-17-25-12-34-27(33,26(17,20(13)30)21(15)31)22(32)18(25)24(2,3)11-16-19(25)29-23(35-16)28-14-7-5-4-6-8-14/h14-15,17-18,21-22,31-33H,1,4-12H2,2-3H3,(H,28,29)/t15?,17-,18+,21+,22-,25-,26-,27?/m0/s1. The first-order valence-corrected chi connectivity index (χ1v) is 14.1. The lowest BCUT2D eigenvalue weighted by Crippen LogP contribution is -2.85. The van der Waals surface area contributed by atoms with Gasteiger partial charge in [0, 0.05) is 28.2 Å². The Labute approximate surface area is 210 Å². The predicted octanol–water partition coefficient (Wildman–Crippen LogP) is 2.93. The summed E-state index contributed by atoms with van der Waals surface area (Å²) in [5.41, 5.74) is -1.44. The van der Waals surface area contributed by atoms with Gasteiger partial charge in [-0.2, -0.15) is 0 Å². The highest BCUT2D eigenvalue weighted by molar-refractivity contribution is 7.15. The van der Waals surface area contributed by atoms with Crippen LogP contribution in [0.3, 0.4) is 0 Å². The van der Waals surface area contributed by atoms with E-state index in [9.17, 15) is 20.1 Å². The third-order valence-electron chi connectivity index (χ3n) is 10.8. The first-order chi connectivity index (χ1) is 16.6. The Hall–Kier alpha value is -1.32. The summed E-state index contributed by atoms with van der Waals surface area (Å²) < 4.78 is 6.15. The van der Waals surface area contributed by atoms with Crippen LogP contribution in [0, 0.1) is 28.6 Å². The molecule has 1 aromatic heterocycles. The van der Waals surface area contributed by atoms with E-state index >= 15 is 0 Å². The number of thiazole rings is 1. The van der Waals surface area contributed by atoms with Crippen LogP contribution in [0.5, 0.6) is 0 Å². The van der Waals surface area contributed by atoms with Gasteiger partial charge in [-0.1, -0.05) is 39.7 Å². The number of nitrogens with zero attached hydrogens (tertiary/aromatic N) is 1. The number of hydrogen-bond acceptors (Lipinski definition) is 8. The number of carbonyl (C=O) groups is 1. The predicted molar refractivity (Wildman–Crippen MR) is 131 cm³/mol. The molecule has 4 N–H and O–H groups in total. The van der Waals surface area contributed by atoms with Crippen molar-refractivity contribution in [2.75, 3.05) is 11.9 Å². The number of fused-ring (bicyclic) bond motifs is 3. The van der Waals surface area contributed by atoms with Crippen LogP contribution in [0.4, 0.5) is 5.13 Å². The maximum Gasteiger partial charge on any atom is 0.208 e. The molecule has 5 aliphatic carbocycles. The van der Waals surface area contributed by atoms with Crippen molar-refractivity contribution >= 4 is 22.3 Å². The average molecular weight is 501 g/mol. The SMILES string of the molecule is C=C1C(=O)[C@]23[C@H](O)C1CC[C@H]2[C@@]12COC3(O)[C@@H](O)[C@@H]1C(C)(C)Cc1sc(NC3CCCCC3)nc12. The number of Topliss-reactive ketones (excluding diaryl/α,β-unsaturated/α-hetero) is 1. The molecular formula is C27H36N2O5S. The second kappa shape index (κ2) is 6.95. The topological polar surface area (TPSA) is 112 Å².